The molecule has 0 unspecified atom stereocenters. The molecule has 2 nitrogen and oxygen atoms in total. The second-order valence-electron chi connectivity index (χ2n) is 1.16. The first-order valence-electron chi connectivity index (χ1n) is 1.92. The third-order valence-electron chi connectivity index (χ3n) is 0.589. The highest BCUT2D eigenvalue weighted by Crippen LogP contribution is 1.99. The van der Waals surface area contributed by atoms with E-state index in [0.29, 0.717) is 0 Å². The van der Waals surface area contributed by atoms with Gasteiger partial charge >= 0.3 is 0 Å². The van der Waals surface area contributed by atoms with E-state index in [2.05, 4.69) is 55.1 Å². The molecule has 42 valence electrons. The monoisotopic (exact) mass is 332 g/mol. The van der Waals surface area contributed by atoms with E-state index in [1.54, 1.807) is 12.4 Å². The lowest BCUT2D eigenvalue weighted by Crippen LogP contribution is -1.83. The Kier molecular flexibility index (Phi) is 2.42. The Labute approximate surface area is 74.4 Å². The van der Waals surface area contributed by atoms with Gasteiger partial charge in [0.05, 0.1) is 12.4 Å². The maximum absolute atomic E-state index is 4.00. The van der Waals surface area contributed by atoms with E-state index in [1.165, 1.54) is 0 Å². The molecule has 0 amide bonds. The normalized spacial score (nSPS) is 9.25. The minimum Gasteiger partial charge on any atom is -0.246 e. The van der Waals surface area contributed by atoms with E-state index >= 15 is 0 Å². The Hall–Kier alpha value is 0.540. The van der Waals surface area contributed by atoms with Crippen LogP contribution in [0.5, 0.6) is 0 Å². The number of rotatable bonds is 0. The topological polar surface area (TPSA) is 25.8 Å². The van der Waals surface area contributed by atoms with Gasteiger partial charge in [0, 0.05) is 0 Å². The minimum absolute atomic E-state index is 0.933. The summed E-state index contributed by atoms with van der Waals surface area (Å²) >= 11 is 4.24. The Balaban J connectivity index is 3.03. The van der Waals surface area contributed by atoms with Gasteiger partial charge in [0.25, 0.3) is 0 Å². The lowest BCUT2D eigenvalue weighted by Gasteiger charge is -1.85. The zero-order chi connectivity index (χ0) is 5.98. The summed E-state index contributed by atoms with van der Waals surface area (Å²) in [5.74, 6) is 0. The van der Waals surface area contributed by atoms with Crippen LogP contribution in [0.4, 0.5) is 0 Å². The Bertz CT molecular complexity index is 151. The van der Waals surface area contributed by atoms with Crippen molar-refractivity contribution in [1.29, 1.82) is 0 Å². The van der Waals surface area contributed by atoms with Crippen LogP contribution in [0.15, 0.2) is 12.4 Å². The van der Waals surface area contributed by atoms with Crippen LogP contribution in [-0.2, 0) is 0 Å². The second-order valence-corrected chi connectivity index (χ2v) is 3.37. The Morgan fingerprint density at radius 3 is 1.62 bits per heavy atom. The SMILES string of the molecule is Ic1cnc(I)cn1. The van der Waals surface area contributed by atoms with Crippen molar-refractivity contribution in [3.05, 3.63) is 19.8 Å². The number of halogens is 2. The minimum atomic E-state index is 0.933. The van der Waals surface area contributed by atoms with E-state index in [4.69, 9.17) is 0 Å². The average molecular weight is 332 g/mol. The van der Waals surface area contributed by atoms with Crippen molar-refractivity contribution in [3.63, 3.8) is 0 Å². The highest BCUT2D eigenvalue weighted by Gasteiger charge is 1.85. The van der Waals surface area contributed by atoms with Gasteiger partial charge in [-0.2, -0.15) is 0 Å². The van der Waals surface area contributed by atoms with Gasteiger partial charge in [-0.15, -0.1) is 0 Å². The molecule has 1 aromatic heterocycles. The van der Waals surface area contributed by atoms with Crippen molar-refractivity contribution in [3.8, 4) is 0 Å². The summed E-state index contributed by atoms with van der Waals surface area (Å²) in [6.45, 7) is 0. The van der Waals surface area contributed by atoms with Gasteiger partial charge in [-0.05, 0) is 45.2 Å². The number of hydrogen-bond acceptors (Lipinski definition) is 2. The average Bonchev–Trinajstić information content (AvgIpc) is 1.77. The zero-order valence-corrected chi connectivity index (χ0v) is 8.12. The molecular weight excluding hydrogens is 330 g/mol. The molecule has 8 heavy (non-hydrogen) atoms. The van der Waals surface area contributed by atoms with Crippen molar-refractivity contribution in [1.82, 2.24) is 9.97 Å². The maximum Gasteiger partial charge on any atom is 0.119 e. The van der Waals surface area contributed by atoms with E-state index in [1.807, 2.05) is 0 Å². The zero-order valence-electron chi connectivity index (χ0n) is 3.81. The number of aromatic nitrogens is 2. The molecule has 0 aliphatic carbocycles. The van der Waals surface area contributed by atoms with Crippen LogP contribution in [0, 0.1) is 7.40 Å². The molecule has 0 N–H and O–H groups in total. The molecule has 4 heteroatoms. The molecule has 1 rings (SSSR count). The predicted octanol–water partition coefficient (Wildman–Crippen LogP) is 1.69. The van der Waals surface area contributed by atoms with Gasteiger partial charge in [0.15, 0.2) is 0 Å². The van der Waals surface area contributed by atoms with E-state index in [9.17, 15) is 0 Å². The number of hydrogen-bond donors (Lipinski definition) is 0. The van der Waals surface area contributed by atoms with E-state index < -0.39 is 0 Å². The fourth-order valence-corrected chi connectivity index (χ4v) is 0.854. The third-order valence-corrected chi connectivity index (χ3v) is 1.70. The molecule has 0 atom stereocenters. The summed E-state index contributed by atoms with van der Waals surface area (Å²) in [6, 6.07) is 0. The quantitative estimate of drug-likeness (QED) is 0.676. The molecule has 0 fully saturated rings. The lowest BCUT2D eigenvalue weighted by atomic mass is 10.8. The van der Waals surface area contributed by atoms with Crippen LogP contribution in [-0.4, -0.2) is 9.97 Å². The van der Waals surface area contributed by atoms with Gasteiger partial charge in [-0.25, -0.2) is 9.97 Å². The van der Waals surface area contributed by atoms with Crippen LogP contribution in [0.3, 0.4) is 0 Å². The molecular formula is C4H2I2N2. The van der Waals surface area contributed by atoms with Gasteiger partial charge in [0.2, 0.25) is 0 Å². The van der Waals surface area contributed by atoms with Crippen molar-refractivity contribution < 1.29 is 0 Å². The summed E-state index contributed by atoms with van der Waals surface area (Å²) in [4.78, 5) is 7.99. The molecule has 0 radical (unpaired) electrons. The first-order chi connectivity index (χ1) is 3.79. The highest BCUT2D eigenvalue weighted by atomic mass is 127. The van der Waals surface area contributed by atoms with Gasteiger partial charge in [0.1, 0.15) is 7.40 Å². The van der Waals surface area contributed by atoms with Crippen LogP contribution >= 0.6 is 45.2 Å². The smallest absolute Gasteiger partial charge is 0.119 e. The second kappa shape index (κ2) is 2.90. The van der Waals surface area contributed by atoms with Gasteiger partial charge < -0.3 is 0 Å². The van der Waals surface area contributed by atoms with Crippen molar-refractivity contribution in [2.45, 2.75) is 0 Å². The number of nitrogens with zero attached hydrogens (tertiary/aromatic N) is 2. The maximum atomic E-state index is 4.00. The highest BCUT2D eigenvalue weighted by molar-refractivity contribution is 14.1. The van der Waals surface area contributed by atoms with Crippen LogP contribution < -0.4 is 0 Å². The van der Waals surface area contributed by atoms with E-state index in [-0.39, 0.29) is 0 Å². The molecule has 0 saturated carbocycles. The summed E-state index contributed by atoms with van der Waals surface area (Å²) in [5.41, 5.74) is 0. The molecule has 0 aromatic carbocycles. The molecule has 1 heterocycles. The molecule has 0 spiro atoms. The summed E-state index contributed by atoms with van der Waals surface area (Å²) in [5, 5.41) is 0. The summed E-state index contributed by atoms with van der Waals surface area (Å²) < 4.78 is 1.87. The van der Waals surface area contributed by atoms with Crippen molar-refractivity contribution >= 4 is 45.2 Å². The van der Waals surface area contributed by atoms with E-state index in [0.717, 1.165) is 7.40 Å². The Morgan fingerprint density at radius 1 is 1.00 bits per heavy atom. The first-order valence-corrected chi connectivity index (χ1v) is 4.08. The van der Waals surface area contributed by atoms with Crippen LogP contribution in [0.1, 0.15) is 0 Å². The van der Waals surface area contributed by atoms with Crippen molar-refractivity contribution in [2.75, 3.05) is 0 Å². The standard InChI is InChI=1S/C4H2I2N2/c5-3-1-7-4(6)2-8-3/h1-2H. The van der Waals surface area contributed by atoms with Gasteiger partial charge in [-0.3, -0.25) is 0 Å². The third kappa shape index (κ3) is 1.81. The molecule has 0 aliphatic heterocycles. The predicted molar refractivity (Wildman–Crippen MR) is 47.5 cm³/mol. The van der Waals surface area contributed by atoms with Gasteiger partial charge in [-0.1, -0.05) is 0 Å². The lowest BCUT2D eigenvalue weighted by molar-refractivity contribution is 1.13. The largest absolute Gasteiger partial charge is 0.246 e. The summed E-state index contributed by atoms with van der Waals surface area (Å²) in [7, 11) is 0. The molecule has 0 bridgehead atoms. The fourth-order valence-electron chi connectivity index (χ4n) is 0.297. The molecule has 0 aliphatic rings. The molecule has 1 aromatic rings. The first kappa shape index (κ1) is 6.66. The molecule has 0 saturated heterocycles. The summed E-state index contributed by atoms with van der Waals surface area (Å²) in [6.07, 6.45) is 3.48. The van der Waals surface area contributed by atoms with Crippen LogP contribution in [0.25, 0.3) is 0 Å². The Morgan fingerprint density at radius 2 is 1.38 bits per heavy atom. The fraction of sp³-hybridized carbons (Fsp3) is 0. The van der Waals surface area contributed by atoms with Crippen molar-refractivity contribution in [2.24, 2.45) is 0 Å². The van der Waals surface area contributed by atoms with Crippen LogP contribution in [0.2, 0.25) is 0 Å².